The monoisotopic (exact) mass is 267 g/mol. The molecule has 2 fully saturated rings. The molecule has 1 unspecified atom stereocenters. The van der Waals surface area contributed by atoms with Crippen LogP contribution in [0.15, 0.2) is 0 Å². The molecule has 0 aromatic rings. The van der Waals surface area contributed by atoms with Crippen LogP contribution in [0.3, 0.4) is 0 Å². The highest BCUT2D eigenvalue weighted by Gasteiger charge is 2.36. The van der Waals surface area contributed by atoms with Crippen LogP contribution in [0.25, 0.3) is 0 Å². The highest BCUT2D eigenvalue weighted by atomic mass is 16.2. The molecule has 2 heterocycles. The lowest BCUT2D eigenvalue weighted by Gasteiger charge is -2.45. The minimum Gasteiger partial charge on any atom is -0.349 e. The summed E-state index contributed by atoms with van der Waals surface area (Å²) in [7, 11) is 3.68. The quantitative estimate of drug-likeness (QED) is 0.834. The fourth-order valence-electron chi connectivity index (χ4n) is 3.56. The first-order chi connectivity index (χ1) is 9.11. The lowest BCUT2D eigenvalue weighted by atomic mass is 9.74. The topological polar surface area (TPSA) is 35.6 Å². The van der Waals surface area contributed by atoms with Crippen LogP contribution < -0.4 is 5.32 Å². The molecule has 0 aromatic carbocycles. The normalized spacial score (nSPS) is 28.5. The van der Waals surface area contributed by atoms with E-state index in [1.807, 2.05) is 14.1 Å². The van der Waals surface area contributed by atoms with Gasteiger partial charge in [0, 0.05) is 33.6 Å². The lowest BCUT2D eigenvalue weighted by Crippen LogP contribution is -2.51. The van der Waals surface area contributed by atoms with Gasteiger partial charge in [-0.25, -0.2) is 0 Å². The Morgan fingerprint density at radius 1 is 1.32 bits per heavy atom. The molecule has 110 valence electrons. The number of amides is 1. The standard InChI is InChI=1S/C15H29N3O/c1-17(2)14(19)6-3-10-18-11-5-8-15(13-18)7-4-9-16-12-15/h16H,3-13H2,1-2H3. The summed E-state index contributed by atoms with van der Waals surface area (Å²) in [5.41, 5.74) is 0.530. The molecule has 2 aliphatic heterocycles. The molecule has 4 nitrogen and oxygen atoms in total. The Balaban J connectivity index is 1.73. The van der Waals surface area contributed by atoms with E-state index in [2.05, 4.69) is 10.2 Å². The Labute approximate surface area is 117 Å². The number of hydrogen-bond acceptors (Lipinski definition) is 3. The molecular weight excluding hydrogens is 238 g/mol. The van der Waals surface area contributed by atoms with Gasteiger partial charge in [-0.05, 0) is 57.2 Å². The zero-order valence-electron chi connectivity index (χ0n) is 12.6. The van der Waals surface area contributed by atoms with Gasteiger partial charge in [0.15, 0.2) is 0 Å². The van der Waals surface area contributed by atoms with Crippen molar-refractivity contribution in [2.45, 2.75) is 38.5 Å². The molecule has 2 saturated heterocycles. The molecule has 0 saturated carbocycles. The van der Waals surface area contributed by atoms with Crippen molar-refractivity contribution in [3.05, 3.63) is 0 Å². The number of likely N-dealkylation sites (tertiary alicyclic amines) is 1. The van der Waals surface area contributed by atoms with E-state index in [-0.39, 0.29) is 5.91 Å². The molecule has 1 spiro atoms. The van der Waals surface area contributed by atoms with E-state index >= 15 is 0 Å². The fourth-order valence-corrected chi connectivity index (χ4v) is 3.56. The summed E-state index contributed by atoms with van der Waals surface area (Å²) in [5.74, 6) is 0.256. The van der Waals surface area contributed by atoms with Crippen molar-refractivity contribution < 1.29 is 4.79 Å². The van der Waals surface area contributed by atoms with Crippen molar-refractivity contribution in [2.24, 2.45) is 5.41 Å². The molecule has 1 N–H and O–H groups in total. The van der Waals surface area contributed by atoms with Gasteiger partial charge >= 0.3 is 0 Å². The second-order valence-corrected chi connectivity index (χ2v) is 6.55. The van der Waals surface area contributed by atoms with Crippen LogP contribution in [0.4, 0.5) is 0 Å². The Kier molecular flexibility index (Phi) is 5.22. The summed E-state index contributed by atoms with van der Waals surface area (Å²) in [5, 5.41) is 3.57. The van der Waals surface area contributed by atoms with Gasteiger partial charge in [0.05, 0.1) is 0 Å². The first-order valence-corrected chi connectivity index (χ1v) is 7.75. The average Bonchev–Trinajstić information content (AvgIpc) is 2.39. The molecule has 1 amide bonds. The maximum atomic E-state index is 11.6. The van der Waals surface area contributed by atoms with Gasteiger partial charge in [-0.3, -0.25) is 4.79 Å². The summed E-state index contributed by atoms with van der Waals surface area (Å²) < 4.78 is 0. The van der Waals surface area contributed by atoms with Crippen LogP contribution in [0.2, 0.25) is 0 Å². The largest absolute Gasteiger partial charge is 0.349 e. The molecule has 1 atom stereocenters. The zero-order valence-corrected chi connectivity index (χ0v) is 12.6. The Hall–Kier alpha value is -0.610. The van der Waals surface area contributed by atoms with Gasteiger partial charge in [-0.2, -0.15) is 0 Å². The molecule has 0 aliphatic carbocycles. The third kappa shape index (κ3) is 4.18. The highest BCUT2D eigenvalue weighted by Crippen LogP contribution is 2.35. The smallest absolute Gasteiger partial charge is 0.222 e. The van der Waals surface area contributed by atoms with Gasteiger partial charge in [0.2, 0.25) is 5.91 Å². The van der Waals surface area contributed by atoms with Crippen LogP contribution in [0, 0.1) is 5.41 Å². The van der Waals surface area contributed by atoms with Crippen LogP contribution >= 0.6 is 0 Å². The van der Waals surface area contributed by atoms with Crippen LogP contribution in [-0.2, 0) is 4.79 Å². The molecular formula is C15H29N3O. The predicted molar refractivity (Wildman–Crippen MR) is 78.1 cm³/mol. The second-order valence-electron chi connectivity index (χ2n) is 6.55. The molecule has 2 rings (SSSR count). The predicted octanol–water partition coefficient (Wildman–Crippen LogP) is 1.32. The van der Waals surface area contributed by atoms with Crippen LogP contribution in [-0.4, -0.2) is 62.5 Å². The molecule has 2 aliphatic rings. The Morgan fingerprint density at radius 3 is 2.79 bits per heavy atom. The summed E-state index contributed by atoms with van der Waals surface area (Å²) in [6.07, 6.45) is 7.10. The Bertz CT molecular complexity index is 292. The number of nitrogens with one attached hydrogen (secondary N) is 1. The summed E-state index contributed by atoms with van der Waals surface area (Å²) in [6.45, 7) is 5.93. The molecule has 19 heavy (non-hydrogen) atoms. The van der Waals surface area contributed by atoms with Gasteiger partial charge in [0.1, 0.15) is 0 Å². The minimum atomic E-state index is 0.256. The Morgan fingerprint density at radius 2 is 2.11 bits per heavy atom. The van der Waals surface area contributed by atoms with Crippen LogP contribution in [0.1, 0.15) is 38.5 Å². The number of carbonyl (C=O) groups excluding carboxylic acids is 1. The molecule has 0 bridgehead atoms. The van der Waals surface area contributed by atoms with E-state index in [1.54, 1.807) is 4.90 Å². The van der Waals surface area contributed by atoms with Gasteiger partial charge in [-0.1, -0.05) is 0 Å². The van der Waals surface area contributed by atoms with Gasteiger partial charge < -0.3 is 15.1 Å². The second kappa shape index (κ2) is 6.71. The van der Waals surface area contributed by atoms with E-state index in [4.69, 9.17) is 0 Å². The maximum Gasteiger partial charge on any atom is 0.222 e. The van der Waals surface area contributed by atoms with E-state index < -0.39 is 0 Å². The highest BCUT2D eigenvalue weighted by molar-refractivity contribution is 5.75. The summed E-state index contributed by atoms with van der Waals surface area (Å²) >= 11 is 0. The van der Waals surface area contributed by atoms with Crippen molar-refractivity contribution in [1.82, 2.24) is 15.1 Å². The van der Waals surface area contributed by atoms with E-state index in [1.165, 1.54) is 51.9 Å². The zero-order chi connectivity index (χ0) is 13.7. The van der Waals surface area contributed by atoms with Gasteiger partial charge in [-0.15, -0.1) is 0 Å². The first-order valence-electron chi connectivity index (χ1n) is 7.75. The van der Waals surface area contributed by atoms with Crippen molar-refractivity contribution in [2.75, 3.05) is 46.8 Å². The van der Waals surface area contributed by atoms with Crippen LogP contribution in [0.5, 0.6) is 0 Å². The SMILES string of the molecule is CN(C)C(=O)CCCN1CCCC2(CCCNC2)C1. The third-order valence-corrected chi connectivity index (χ3v) is 4.66. The molecule has 0 radical (unpaired) electrons. The number of nitrogens with zero attached hydrogens (tertiary/aromatic N) is 2. The van der Waals surface area contributed by atoms with Crippen molar-refractivity contribution in [3.63, 3.8) is 0 Å². The van der Waals surface area contributed by atoms with Gasteiger partial charge in [0.25, 0.3) is 0 Å². The molecule has 4 heteroatoms. The molecule has 0 aromatic heterocycles. The number of rotatable bonds is 4. The fraction of sp³-hybridized carbons (Fsp3) is 0.933. The summed E-state index contributed by atoms with van der Waals surface area (Å²) in [4.78, 5) is 15.9. The van der Waals surface area contributed by atoms with Crippen molar-refractivity contribution in [1.29, 1.82) is 0 Å². The third-order valence-electron chi connectivity index (χ3n) is 4.66. The average molecular weight is 267 g/mol. The first kappa shape index (κ1) is 14.8. The van der Waals surface area contributed by atoms with Crippen molar-refractivity contribution >= 4 is 5.91 Å². The number of carbonyl (C=O) groups is 1. The minimum absolute atomic E-state index is 0.256. The number of hydrogen-bond donors (Lipinski definition) is 1. The van der Waals surface area contributed by atoms with Crippen molar-refractivity contribution in [3.8, 4) is 0 Å². The number of piperidine rings is 2. The van der Waals surface area contributed by atoms with E-state index in [0.29, 0.717) is 11.8 Å². The lowest BCUT2D eigenvalue weighted by molar-refractivity contribution is -0.128. The summed E-state index contributed by atoms with van der Waals surface area (Å²) in [6, 6.07) is 0. The van der Waals surface area contributed by atoms with E-state index in [0.717, 1.165) is 13.0 Å². The van der Waals surface area contributed by atoms with E-state index in [9.17, 15) is 4.79 Å². The maximum absolute atomic E-state index is 11.6.